The highest BCUT2D eigenvalue weighted by Gasteiger charge is 2.76. The molecule has 0 aromatic heterocycles. The summed E-state index contributed by atoms with van der Waals surface area (Å²) < 4.78 is 5.68. The lowest BCUT2D eigenvalue weighted by Gasteiger charge is -2.62. The van der Waals surface area contributed by atoms with Crippen molar-refractivity contribution in [3.05, 3.63) is 23.8 Å². The Hall–Kier alpha value is -1.30. The van der Waals surface area contributed by atoms with Gasteiger partial charge in [0.15, 0.2) is 0 Å². The van der Waals surface area contributed by atoms with Crippen LogP contribution >= 0.6 is 0 Å². The minimum Gasteiger partial charge on any atom is -0.495 e. The number of likely N-dealkylation sites (N-methyl/N-ethyl adjacent to an activating group) is 1. The van der Waals surface area contributed by atoms with E-state index >= 15 is 0 Å². The summed E-state index contributed by atoms with van der Waals surface area (Å²) in [6, 6.07) is 7.13. The van der Waals surface area contributed by atoms with Crippen molar-refractivity contribution in [3.8, 4) is 5.75 Å². The fourth-order valence-electron chi connectivity index (χ4n) is 8.12. The third-order valence-electron chi connectivity index (χ3n) is 8.75. The Balaban J connectivity index is 1.59. The Morgan fingerprint density at radius 2 is 2.08 bits per heavy atom. The van der Waals surface area contributed by atoms with Gasteiger partial charge in [-0.25, -0.2) is 0 Å². The molecule has 1 aliphatic carbocycles. The predicted molar refractivity (Wildman–Crippen MR) is 98.3 cm³/mol. The SMILES string of the molecule is CC[C@H]1[C@@H]2C[C@H]3[C@@H]4N(C)c5c(OC)cccc5[C@]45C[C@@H]([C@H]2[C@H]5O)N3[C@@H]1O. The molecule has 6 aliphatic rings. The molecule has 26 heavy (non-hydrogen) atoms. The van der Waals surface area contributed by atoms with Crippen LogP contribution in [0.3, 0.4) is 0 Å². The van der Waals surface area contributed by atoms with Gasteiger partial charge in [0, 0.05) is 36.4 Å². The summed E-state index contributed by atoms with van der Waals surface area (Å²) in [7, 11) is 3.88. The standard InChI is InChI=1S/C21H28N2O3/c1-4-10-11-8-13-18-21(9-14(16(11)19(21)24)23(13)20(10)25)12-6-5-7-15(26-3)17(12)22(18)2/h5-7,10-11,13-14,16,18-20,24-25H,4,8-9H2,1-3H3/t10-,11-,13-,14-,16-,18-,19+,20+,21+/m0/s1. The molecule has 1 spiro atoms. The van der Waals surface area contributed by atoms with Crippen LogP contribution < -0.4 is 9.64 Å². The van der Waals surface area contributed by atoms with Crippen LogP contribution in [0.5, 0.6) is 5.75 Å². The average Bonchev–Trinajstić information content (AvgIpc) is 3.03. The summed E-state index contributed by atoms with van der Waals surface area (Å²) in [4.78, 5) is 4.75. The van der Waals surface area contributed by atoms with Crippen molar-refractivity contribution in [3.63, 3.8) is 0 Å². The maximum Gasteiger partial charge on any atom is 0.142 e. The number of benzene rings is 1. The molecule has 7 rings (SSSR count). The fraction of sp³-hybridized carbons (Fsp3) is 0.714. The molecule has 10 atom stereocenters. The zero-order valence-corrected chi connectivity index (χ0v) is 15.7. The predicted octanol–water partition coefficient (Wildman–Crippen LogP) is 1.56. The van der Waals surface area contributed by atoms with Crippen molar-refractivity contribution in [2.75, 3.05) is 19.1 Å². The molecular weight excluding hydrogens is 328 g/mol. The van der Waals surface area contributed by atoms with Crippen molar-refractivity contribution in [2.24, 2.45) is 17.8 Å². The van der Waals surface area contributed by atoms with Crippen LogP contribution in [0.2, 0.25) is 0 Å². The molecule has 1 aromatic carbocycles. The third-order valence-corrected chi connectivity index (χ3v) is 8.75. The Morgan fingerprint density at radius 1 is 1.27 bits per heavy atom. The van der Waals surface area contributed by atoms with Gasteiger partial charge in [0.25, 0.3) is 0 Å². The molecule has 5 fully saturated rings. The van der Waals surface area contributed by atoms with Gasteiger partial charge in [-0.2, -0.15) is 0 Å². The highest BCUT2D eigenvalue weighted by atomic mass is 16.5. The minimum absolute atomic E-state index is 0.211. The van der Waals surface area contributed by atoms with Gasteiger partial charge in [0.1, 0.15) is 12.0 Å². The summed E-state index contributed by atoms with van der Waals surface area (Å²) in [5.74, 6) is 1.92. The van der Waals surface area contributed by atoms with Crippen molar-refractivity contribution in [1.82, 2.24) is 4.90 Å². The molecule has 5 heteroatoms. The summed E-state index contributed by atoms with van der Waals surface area (Å²) in [6.07, 6.45) is 2.35. The van der Waals surface area contributed by atoms with Crippen molar-refractivity contribution in [2.45, 2.75) is 62.1 Å². The fourth-order valence-corrected chi connectivity index (χ4v) is 8.12. The lowest BCUT2D eigenvalue weighted by Crippen LogP contribution is -2.72. The Kier molecular flexibility index (Phi) is 2.87. The number of aliphatic hydroxyl groups is 2. The molecule has 5 aliphatic heterocycles. The first-order chi connectivity index (χ1) is 12.6. The van der Waals surface area contributed by atoms with E-state index in [1.54, 1.807) is 7.11 Å². The number of hydrogen-bond donors (Lipinski definition) is 2. The molecular formula is C21H28N2O3. The lowest BCUT2D eigenvalue weighted by atomic mass is 9.62. The minimum atomic E-state index is -0.354. The van der Waals surface area contributed by atoms with E-state index in [1.807, 2.05) is 6.07 Å². The van der Waals surface area contributed by atoms with Gasteiger partial charge in [0.05, 0.1) is 24.9 Å². The number of anilines is 1. The van der Waals surface area contributed by atoms with Crippen LogP contribution in [0.1, 0.15) is 31.7 Å². The normalized spacial score (nSPS) is 52.3. The quantitative estimate of drug-likeness (QED) is 0.842. The number of ether oxygens (including phenoxy) is 1. The Bertz CT molecular complexity index is 785. The van der Waals surface area contributed by atoms with E-state index in [2.05, 4.69) is 35.9 Å². The topological polar surface area (TPSA) is 56.2 Å². The number of hydrogen-bond acceptors (Lipinski definition) is 5. The monoisotopic (exact) mass is 356 g/mol. The number of rotatable bonds is 2. The second-order valence-corrected chi connectivity index (χ2v) is 9.15. The second-order valence-electron chi connectivity index (χ2n) is 9.15. The molecule has 5 nitrogen and oxygen atoms in total. The highest BCUT2D eigenvalue weighted by molar-refractivity contribution is 5.73. The zero-order chi connectivity index (χ0) is 18.0. The van der Waals surface area contributed by atoms with Gasteiger partial charge in [-0.15, -0.1) is 0 Å². The summed E-state index contributed by atoms with van der Waals surface area (Å²) in [5.41, 5.74) is 2.19. The van der Waals surface area contributed by atoms with Gasteiger partial charge < -0.3 is 19.8 Å². The first-order valence-corrected chi connectivity index (χ1v) is 10.1. The maximum absolute atomic E-state index is 11.7. The Labute approximate surface area is 154 Å². The van der Waals surface area contributed by atoms with Crippen LogP contribution in [0.15, 0.2) is 18.2 Å². The second kappa shape index (κ2) is 4.75. The molecule has 1 unspecified atom stereocenters. The van der Waals surface area contributed by atoms with E-state index in [4.69, 9.17) is 4.74 Å². The molecule has 0 radical (unpaired) electrons. The lowest BCUT2D eigenvalue weighted by molar-refractivity contribution is -0.211. The average molecular weight is 356 g/mol. The Morgan fingerprint density at radius 3 is 2.81 bits per heavy atom. The van der Waals surface area contributed by atoms with Gasteiger partial charge in [0.2, 0.25) is 0 Å². The van der Waals surface area contributed by atoms with Gasteiger partial charge in [-0.1, -0.05) is 19.1 Å². The van der Waals surface area contributed by atoms with Crippen LogP contribution in [-0.2, 0) is 5.41 Å². The molecule has 1 saturated carbocycles. The number of methoxy groups -OCH3 is 1. The van der Waals surface area contributed by atoms with Crippen molar-refractivity contribution < 1.29 is 14.9 Å². The molecule has 140 valence electrons. The molecule has 4 saturated heterocycles. The molecule has 5 bridgehead atoms. The van der Waals surface area contributed by atoms with Crippen LogP contribution in [0.4, 0.5) is 5.69 Å². The van der Waals surface area contributed by atoms with E-state index in [0.29, 0.717) is 23.9 Å². The van der Waals surface area contributed by atoms with E-state index in [-0.39, 0.29) is 29.7 Å². The number of nitrogens with zero attached hydrogens (tertiary/aromatic N) is 2. The summed E-state index contributed by atoms with van der Waals surface area (Å²) >= 11 is 0. The number of piperidine rings is 4. The van der Waals surface area contributed by atoms with E-state index in [0.717, 1.165) is 30.7 Å². The van der Waals surface area contributed by atoms with Gasteiger partial charge in [-0.05, 0) is 36.8 Å². The van der Waals surface area contributed by atoms with Crippen LogP contribution in [0, 0.1) is 17.8 Å². The number of para-hydroxylation sites is 1. The molecule has 5 heterocycles. The number of aliphatic hydroxyl groups excluding tert-OH is 2. The van der Waals surface area contributed by atoms with Gasteiger partial charge >= 0.3 is 0 Å². The summed E-state index contributed by atoms with van der Waals surface area (Å²) in [6.45, 7) is 2.18. The smallest absolute Gasteiger partial charge is 0.142 e. The van der Waals surface area contributed by atoms with E-state index < -0.39 is 0 Å². The van der Waals surface area contributed by atoms with E-state index in [9.17, 15) is 10.2 Å². The molecule has 2 N–H and O–H groups in total. The highest BCUT2D eigenvalue weighted by Crippen LogP contribution is 2.69. The zero-order valence-electron chi connectivity index (χ0n) is 15.7. The van der Waals surface area contributed by atoms with Crippen molar-refractivity contribution >= 4 is 5.69 Å². The largest absolute Gasteiger partial charge is 0.495 e. The first-order valence-electron chi connectivity index (χ1n) is 10.1. The van der Waals surface area contributed by atoms with Gasteiger partial charge in [-0.3, -0.25) is 4.90 Å². The van der Waals surface area contributed by atoms with Crippen LogP contribution in [-0.4, -0.2) is 59.7 Å². The summed E-state index contributed by atoms with van der Waals surface area (Å²) in [5, 5.41) is 22.8. The van der Waals surface area contributed by atoms with E-state index in [1.165, 1.54) is 5.56 Å². The number of fused-ring (bicyclic) bond motifs is 2. The van der Waals surface area contributed by atoms with Crippen LogP contribution in [0.25, 0.3) is 0 Å². The van der Waals surface area contributed by atoms with Crippen molar-refractivity contribution in [1.29, 1.82) is 0 Å². The molecule has 0 amide bonds. The maximum atomic E-state index is 11.7. The third kappa shape index (κ3) is 1.39. The molecule has 1 aromatic rings. The first kappa shape index (κ1) is 15.7.